The van der Waals surface area contributed by atoms with Crippen LogP contribution in [0.15, 0.2) is 28.5 Å². The SMILES string of the molecule is Cc1ccc2c(c1)C(CN1CCCCC1)=CS2(=O)=O. The number of aryl methyl sites for hydroxylation is 1. The molecule has 102 valence electrons. The van der Waals surface area contributed by atoms with Crippen molar-refractivity contribution in [1.82, 2.24) is 4.90 Å². The molecule has 0 radical (unpaired) electrons. The van der Waals surface area contributed by atoms with E-state index in [1.54, 1.807) is 6.07 Å². The first-order chi connectivity index (χ1) is 9.06. The van der Waals surface area contributed by atoms with E-state index in [0.717, 1.165) is 36.3 Å². The first-order valence-corrected chi connectivity index (χ1v) is 8.40. The summed E-state index contributed by atoms with van der Waals surface area (Å²) in [6.45, 7) is 4.93. The lowest BCUT2D eigenvalue weighted by molar-refractivity contribution is 0.255. The Morgan fingerprint density at radius 1 is 1.16 bits per heavy atom. The van der Waals surface area contributed by atoms with E-state index < -0.39 is 9.84 Å². The predicted molar refractivity (Wildman–Crippen MR) is 76.6 cm³/mol. The minimum absolute atomic E-state index is 0.477. The first-order valence-electron chi connectivity index (χ1n) is 6.85. The average molecular weight is 277 g/mol. The monoisotopic (exact) mass is 277 g/mol. The van der Waals surface area contributed by atoms with E-state index in [4.69, 9.17) is 0 Å². The number of likely N-dealkylation sites (tertiary alicyclic amines) is 1. The molecule has 1 fully saturated rings. The molecule has 2 heterocycles. The molecule has 3 nitrogen and oxygen atoms in total. The highest BCUT2D eigenvalue weighted by atomic mass is 32.2. The van der Waals surface area contributed by atoms with Crippen molar-refractivity contribution < 1.29 is 8.42 Å². The van der Waals surface area contributed by atoms with Gasteiger partial charge in [0.25, 0.3) is 0 Å². The van der Waals surface area contributed by atoms with Crippen LogP contribution < -0.4 is 0 Å². The van der Waals surface area contributed by atoms with E-state index in [0.29, 0.717) is 4.90 Å². The zero-order valence-electron chi connectivity index (χ0n) is 11.2. The normalized spacial score (nSPS) is 22.1. The third-order valence-electron chi connectivity index (χ3n) is 3.93. The molecule has 0 aromatic heterocycles. The third kappa shape index (κ3) is 2.47. The van der Waals surface area contributed by atoms with Crippen LogP contribution in [0.25, 0.3) is 5.57 Å². The van der Waals surface area contributed by atoms with Crippen LogP contribution in [0, 0.1) is 6.92 Å². The molecule has 0 unspecified atom stereocenters. The van der Waals surface area contributed by atoms with Gasteiger partial charge in [0, 0.05) is 12.0 Å². The van der Waals surface area contributed by atoms with Gasteiger partial charge in [0.15, 0.2) is 0 Å². The molecule has 1 aromatic carbocycles. The van der Waals surface area contributed by atoms with Crippen LogP contribution in [0.1, 0.15) is 30.4 Å². The van der Waals surface area contributed by atoms with E-state index in [-0.39, 0.29) is 0 Å². The van der Waals surface area contributed by atoms with Gasteiger partial charge in [-0.05, 0) is 50.1 Å². The van der Waals surface area contributed by atoms with Crippen LogP contribution in [-0.2, 0) is 9.84 Å². The number of hydrogen-bond donors (Lipinski definition) is 0. The molecule has 1 saturated heterocycles. The number of rotatable bonds is 2. The van der Waals surface area contributed by atoms with Crippen molar-refractivity contribution in [2.45, 2.75) is 31.1 Å². The highest BCUT2D eigenvalue weighted by Crippen LogP contribution is 2.34. The van der Waals surface area contributed by atoms with Gasteiger partial charge in [0.1, 0.15) is 0 Å². The lowest BCUT2D eigenvalue weighted by Gasteiger charge is -2.26. The maximum absolute atomic E-state index is 12.1. The lowest BCUT2D eigenvalue weighted by atomic mass is 10.0. The number of benzene rings is 1. The van der Waals surface area contributed by atoms with E-state index in [9.17, 15) is 8.42 Å². The number of hydrogen-bond acceptors (Lipinski definition) is 3. The van der Waals surface area contributed by atoms with Gasteiger partial charge >= 0.3 is 0 Å². The van der Waals surface area contributed by atoms with Crippen LogP contribution in [0.3, 0.4) is 0 Å². The fourth-order valence-corrected chi connectivity index (χ4v) is 4.40. The number of piperidine rings is 1. The highest BCUT2D eigenvalue weighted by molar-refractivity contribution is 7.95. The largest absolute Gasteiger partial charge is 0.299 e. The number of fused-ring (bicyclic) bond motifs is 1. The Morgan fingerprint density at radius 2 is 1.89 bits per heavy atom. The van der Waals surface area contributed by atoms with Crippen molar-refractivity contribution in [2.24, 2.45) is 0 Å². The zero-order valence-corrected chi connectivity index (χ0v) is 12.0. The second-order valence-corrected chi connectivity index (χ2v) is 7.29. The predicted octanol–water partition coefficient (Wildman–Crippen LogP) is 2.61. The molecule has 19 heavy (non-hydrogen) atoms. The van der Waals surface area contributed by atoms with Gasteiger partial charge in [-0.15, -0.1) is 0 Å². The van der Waals surface area contributed by atoms with E-state index in [1.165, 1.54) is 24.7 Å². The standard InChI is InChI=1S/C15H19NO2S/c1-12-5-6-15-14(9-12)13(11-19(15,17)18)10-16-7-3-2-4-8-16/h5-6,9,11H,2-4,7-8,10H2,1H3. The second kappa shape index (κ2) is 4.76. The van der Waals surface area contributed by atoms with Gasteiger partial charge < -0.3 is 0 Å². The molecule has 2 aliphatic rings. The third-order valence-corrected chi connectivity index (χ3v) is 5.49. The molecule has 0 bridgehead atoms. The van der Waals surface area contributed by atoms with Gasteiger partial charge in [0.05, 0.1) is 4.90 Å². The summed E-state index contributed by atoms with van der Waals surface area (Å²) >= 11 is 0. The fraction of sp³-hybridized carbons (Fsp3) is 0.467. The Labute approximate surface area is 114 Å². The van der Waals surface area contributed by atoms with Crippen LogP contribution in [0.5, 0.6) is 0 Å². The summed E-state index contributed by atoms with van der Waals surface area (Å²) in [7, 11) is -3.21. The van der Waals surface area contributed by atoms with Gasteiger partial charge in [-0.25, -0.2) is 8.42 Å². The van der Waals surface area contributed by atoms with E-state index in [2.05, 4.69) is 4.90 Å². The highest BCUT2D eigenvalue weighted by Gasteiger charge is 2.27. The smallest absolute Gasteiger partial charge is 0.200 e. The molecular weight excluding hydrogens is 258 g/mol. The molecular formula is C15H19NO2S. The summed E-state index contributed by atoms with van der Waals surface area (Å²) in [6, 6.07) is 5.60. The first kappa shape index (κ1) is 12.9. The Kier molecular flexibility index (Phi) is 3.23. The molecule has 2 aliphatic heterocycles. The Bertz CT molecular complexity index is 626. The maximum Gasteiger partial charge on any atom is 0.200 e. The molecule has 3 rings (SSSR count). The van der Waals surface area contributed by atoms with Crippen molar-refractivity contribution in [1.29, 1.82) is 0 Å². The summed E-state index contributed by atoms with van der Waals surface area (Å²) in [5.74, 6) is 0. The van der Waals surface area contributed by atoms with Crippen LogP contribution in [0.4, 0.5) is 0 Å². The Morgan fingerprint density at radius 3 is 2.63 bits per heavy atom. The van der Waals surface area contributed by atoms with Crippen LogP contribution in [0.2, 0.25) is 0 Å². The Hall–Kier alpha value is -1.13. The van der Waals surface area contributed by atoms with Crippen molar-refractivity contribution in [2.75, 3.05) is 19.6 Å². The number of nitrogens with zero attached hydrogens (tertiary/aromatic N) is 1. The average Bonchev–Trinajstić information content (AvgIpc) is 2.62. The molecule has 0 spiro atoms. The minimum atomic E-state index is -3.21. The van der Waals surface area contributed by atoms with Crippen molar-refractivity contribution in [3.8, 4) is 0 Å². The van der Waals surface area contributed by atoms with Gasteiger partial charge in [-0.2, -0.15) is 0 Å². The Balaban J connectivity index is 1.93. The van der Waals surface area contributed by atoms with Gasteiger partial charge in [-0.3, -0.25) is 4.90 Å². The molecule has 0 aliphatic carbocycles. The lowest BCUT2D eigenvalue weighted by Crippen LogP contribution is -2.30. The molecule has 0 amide bonds. The summed E-state index contributed by atoms with van der Waals surface area (Å²) in [5, 5.41) is 1.46. The van der Waals surface area contributed by atoms with Crippen LogP contribution >= 0.6 is 0 Å². The van der Waals surface area contributed by atoms with Crippen molar-refractivity contribution >= 4 is 15.4 Å². The molecule has 1 aromatic rings. The molecule has 0 N–H and O–H groups in total. The van der Waals surface area contributed by atoms with Gasteiger partial charge in [0.2, 0.25) is 9.84 Å². The van der Waals surface area contributed by atoms with Crippen molar-refractivity contribution in [3.63, 3.8) is 0 Å². The fourth-order valence-electron chi connectivity index (χ4n) is 2.94. The quantitative estimate of drug-likeness (QED) is 0.834. The maximum atomic E-state index is 12.1. The second-order valence-electron chi connectivity index (χ2n) is 5.52. The molecule has 0 atom stereocenters. The summed E-state index contributed by atoms with van der Waals surface area (Å²) in [5.41, 5.74) is 2.98. The summed E-state index contributed by atoms with van der Waals surface area (Å²) in [6.07, 6.45) is 3.74. The topological polar surface area (TPSA) is 37.4 Å². The summed E-state index contributed by atoms with van der Waals surface area (Å²) in [4.78, 5) is 2.84. The molecule has 0 saturated carbocycles. The molecule has 4 heteroatoms. The zero-order chi connectivity index (χ0) is 13.5. The van der Waals surface area contributed by atoms with E-state index >= 15 is 0 Å². The summed E-state index contributed by atoms with van der Waals surface area (Å²) < 4.78 is 24.2. The van der Waals surface area contributed by atoms with Crippen LogP contribution in [-0.4, -0.2) is 33.0 Å². The minimum Gasteiger partial charge on any atom is -0.299 e. The van der Waals surface area contributed by atoms with E-state index in [1.807, 2.05) is 19.1 Å². The van der Waals surface area contributed by atoms with Crippen molar-refractivity contribution in [3.05, 3.63) is 34.7 Å². The van der Waals surface area contributed by atoms with Gasteiger partial charge in [-0.1, -0.05) is 24.1 Å². The number of sulfone groups is 1.